The second kappa shape index (κ2) is 6.14. The van der Waals surface area contributed by atoms with Crippen molar-refractivity contribution in [3.63, 3.8) is 0 Å². The topological polar surface area (TPSA) is 60.8 Å². The lowest BCUT2D eigenvalue weighted by atomic mass is 9.87. The summed E-state index contributed by atoms with van der Waals surface area (Å²) >= 11 is -2.08. The number of hydrogen-bond acceptors (Lipinski definition) is 2. The van der Waals surface area contributed by atoms with E-state index in [0.717, 1.165) is 11.3 Å². The van der Waals surface area contributed by atoms with E-state index in [0.29, 0.717) is 6.42 Å². The van der Waals surface area contributed by atoms with Crippen molar-refractivity contribution in [3.8, 4) is 0 Å². The molecule has 4 nitrogen and oxygen atoms in total. The number of aliphatic hydroxyl groups excluding tert-OH is 1. The van der Waals surface area contributed by atoms with E-state index in [2.05, 4.69) is 6.58 Å². The van der Waals surface area contributed by atoms with Gasteiger partial charge in [-0.1, -0.05) is 24.8 Å². The Morgan fingerprint density at radius 3 is 2.71 bits per heavy atom. The van der Waals surface area contributed by atoms with Crippen molar-refractivity contribution in [3.05, 3.63) is 36.1 Å². The smallest absolute Gasteiger partial charge is 0.262 e. The minimum absolute atomic E-state index is 0.000341. The largest absolute Gasteiger partial charge is 0.396 e. The highest BCUT2D eigenvalue weighted by atomic mass is 32.2. The van der Waals surface area contributed by atoms with Crippen LogP contribution in [0.1, 0.15) is 20.3 Å². The summed E-state index contributed by atoms with van der Waals surface area (Å²) in [7, 11) is 0. The van der Waals surface area contributed by atoms with Crippen molar-refractivity contribution < 1.29 is 13.9 Å². The van der Waals surface area contributed by atoms with Crippen LogP contribution < -0.4 is 0 Å². The highest BCUT2D eigenvalue weighted by molar-refractivity contribution is 7.76. The normalized spacial score (nSPS) is 31.9. The van der Waals surface area contributed by atoms with Crippen molar-refractivity contribution in [2.75, 3.05) is 6.61 Å². The van der Waals surface area contributed by atoms with Crippen molar-refractivity contribution in [2.45, 2.75) is 26.3 Å². The van der Waals surface area contributed by atoms with Crippen molar-refractivity contribution >= 4 is 11.3 Å². The van der Waals surface area contributed by atoms with Crippen LogP contribution in [-0.2, 0) is 11.3 Å². The SMILES string of the molecule is C=C/C=C1/CC(CO)[C@@H](C)N(S(=O)O)/C1=C/C. The summed E-state index contributed by atoms with van der Waals surface area (Å²) in [5.74, 6) is -0.0407. The Morgan fingerprint density at radius 1 is 1.65 bits per heavy atom. The molecule has 0 aromatic heterocycles. The zero-order chi connectivity index (χ0) is 13.0. The molecule has 5 heteroatoms. The average molecular weight is 257 g/mol. The second-order valence-electron chi connectivity index (χ2n) is 4.05. The maximum absolute atomic E-state index is 11.4. The molecule has 17 heavy (non-hydrogen) atoms. The molecule has 0 spiro atoms. The minimum Gasteiger partial charge on any atom is -0.396 e. The standard InChI is InChI=1S/C12H19NO3S/c1-4-6-10-7-11(8-14)9(3)13(17(15)16)12(10)5-2/h4-6,9,11,14H,1,7-8H2,2-3H3,(H,15,16)/b10-6-,12-5+/t9-,11?/m1/s1. The van der Waals surface area contributed by atoms with Crippen LogP contribution in [0.3, 0.4) is 0 Å². The lowest BCUT2D eigenvalue weighted by Crippen LogP contribution is -2.44. The molecule has 1 aliphatic heterocycles. The molecule has 3 atom stereocenters. The minimum atomic E-state index is -2.08. The van der Waals surface area contributed by atoms with E-state index in [4.69, 9.17) is 0 Å². The third-order valence-corrected chi connectivity index (χ3v) is 3.96. The molecule has 0 bridgehead atoms. The first-order valence-corrected chi connectivity index (χ1v) is 6.62. The van der Waals surface area contributed by atoms with E-state index in [9.17, 15) is 13.9 Å². The van der Waals surface area contributed by atoms with Gasteiger partial charge in [-0.3, -0.25) is 8.86 Å². The van der Waals surface area contributed by atoms with Crippen molar-refractivity contribution in [2.24, 2.45) is 5.92 Å². The van der Waals surface area contributed by atoms with E-state index in [-0.39, 0.29) is 18.6 Å². The molecular formula is C12H19NO3S. The van der Waals surface area contributed by atoms with Crippen LogP contribution in [0, 0.1) is 5.92 Å². The molecule has 0 aromatic rings. The quantitative estimate of drug-likeness (QED) is 0.758. The number of rotatable bonds is 3. The van der Waals surface area contributed by atoms with Crippen LogP contribution in [0.5, 0.6) is 0 Å². The van der Waals surface area contributed by atoms with Crippen LogP contribution in [-0.4, -0.2) is 30.8 Å². The summed E-state index contributed by atoms with van der Waals surface area (Å²) in [5, 5.41) is 9.33. The monoisotopic (exact) mass is 257 g/mol. The molecule has 0 radical (unpaired) electrons. The predicted octanol–water partition coefficient (Wildman–Crippen LogP) is 1.84. The molecule has 2 unspecified atom stereocenters. The molecule has 2 N–H and O–H groups in total. The van der Waals surface area contributed by atoms with Crippen LogP contribution in [0.4, 0.5) is 0 Å². The molecular weight excluding hydrogens is 238 g/mol. The fourth-order valence-corrected chi connectivity index (χ4v) is 3.01. The maximum Gasteiger partial charge on any atom is 0.262 e. The summed E-state index contributed by atoms with van der Waals surface area (Å²) in [5.41, 5.74) is 1.67. The summed E-state index contributed by atoms with van der Waals surface area (Å²) in [6.45, 7) is 7.32. The number of allylic oxidation sites excluding steroid dienone is 4. The number of hydrogen-bond donors (Lipinski definition) is 2. The van der Waals surface area contributed by atoms with Gasteiger partial charge in [0.05, 0.1) is 5.70 Å². The van der Waals surface area contributed by atoms with E-state index < -0.39 is 11.3 Å². The molecule has 1 heterocycles. The van der Waals surface area contributed by atoms with E-state index in [1.54, 1.807) is 6.08 Å². The highest BCUT2D eigenvalue weighted by Gasteiger charge is 2.35. The first-order valence-electron chi connectivity index (χ1n) is 5.56. The summed E-state index contributed by atoms with van der Waals surface area (Å²) in [4.78, 5) is 0. The van der Waals surface area contributed by atoms with Gasteiger partial charge >= 0.3 is 0 Å². The second-order valence-corrected chi connectivity index (χ2v) is 4.90. The fourth-order valence-electron chi connectivity index (χ4n) is 2.16. The first-order chi connectivity index (χ1) is 8.06. The zero-order valence-electron chi connectivity index (χ0n) is 10.2. The molecule has 96 valence electrons. The van der Waals surface area contributed by atoms with Crippen molar-refractivity contribution in [1.29, 1.82) is 0 Å². The van der Waals surface area contributed by atoms with Crippen LogP contribution in [0.2, 0.25) is 0 Å². The van der Waals surface area contributed by atoms with Gasteiger partial charge in [0.25, 0.3) is 11.3 Å². The molecule has 1 saturated heterocycles. The van der Waals surface area contributed by atoms with E-state index in [1.165, 1.54) is 4.31 Å². The third-order valence-electron chi connectivity index (χ3n) is 3.10. The molecule has 1 aliphatic rings. The van der Waals surface area contributed by atoms with Gasteiger partial charge in [-0.25, -0.2) is 4.21 Å². The number of piperidine rings is 1. The molecule has 1 fully saturated rings. The van der Waals surface area contributed by atoms with Gasteiger partial charge in [0.2, 0.25) is 0 Å². The Bertz CT molecular complexity index is 376. The predicted molar refractivity (Wildman–Crippen MR) is 69.3 cm³/mol. The Hall–Kier alpha value is -0.910. The fraction of sp³-hybridized carbons (Fsp3) is 0.500. The summed E-state index contributed by atoms with van der Waals surface area (Å²) in [6.07, 6.45) is 5.98. The van der Waals surface area contributed by atoms with Crippen LogP contribution in [0.15, 0.2) is 36.1 Å². The van der Waals surface area contributed by atoms with Crippen LogP contribution >= 0.6 is 0 Å². The van der Waals surface area contributed by atoms with Gasteiger partial charge in [-0.2, -0.15) is 0 Å². The van der Waals surface area contributed by atoms with E-state index in [1.807, 2.05) is 26.0 Å². The van der Waals surface area contributed by atoms with E-state index >= 15 is 0 Å². The zero-order valence-corrected chi connectivity index (χ0v) is 11.0. The molecule has 0 aliphatic carbocycles. The van der Waals surface area contributed by atoms with Gasteiger partial charge in [0, 0.05) is 18.6 Å². The average Bonchev–Trinajstić information content (AvgIpc) is 2.30. The summed E-state index contributed by atoms with van der Waals surface area (Å²) in [6, 6.07) is -0.168. The summed E-state index contributed by atoms with van der Waals surface area (Å²) < 4.78 is 22.2. The lowest BCUT2D eigenvalue weighted by Gasteiger charge is -2.40. The molecule has 1 rings (SSSR count). The number of nitrogens with zero attached hydrogens (tertiary/aromatic N) is 1. The van der Waals surface area contributed by atoms with Gasteiger partial charge in [0.1, 0.15) is 0 Å². The Kier molecular flexibility index (Phi) is 5.11. The van der Waals surface area contributed by atoms with Gasteiger partial charge in [0.15, 0.2) is 0 Å². The third kappa shape index (κ3) is 2.86. The molecule has 0 aromatic carbocycles. The molecule has 0 saturated carbocycles. The van der Waals surface area contributed by atoms with Crippen molar-refractivity contribution in [1.82, 2.24) is 4.31 Å². The Morgan fingerprint density at radius 2 is 2.29 bits per heavy atom. The molecule has 0 amide bonds. The first kappa shape index (κ1) is 14.2. The lowest BCUT2D eigenvalue weighted by molar-refractivity contribution is 0.156. The number of aliphatic hydroxyl groups is 1. The van der Waals surface area contributed by atoms with Gasteiger partial charge in [-0.05, 0) is 25.8 Å². The Balaban J connectivity index is 3.19. The van der Waals surface area contributed by atoms with Gasteiger partial charge < -0.3 is 5.11 Å². The maximum atomic E-state index is 11.4. The highest BCUT2D eigenvalue weighted by Crippen LogP contribution is 2.35. The van der Waals surface area contributed by atoms with Gasteiger partial charge in [-0.15, -0.1) is 0 Å². The Labute approximate surface area is 105 Å². The van der Waals surface area contributed by atoms with Crippen LogP contribution in [0.25, 0.3) is 0 Å².